The first-order chi connectivity index (χ1) is 25.4. The maximum Gasteiger partial charge on any atom is 0.407 e. The lowest BCUT2D eigenvalue weighted by Gasteiger charge is -2.45. The smallest absolute Gasteiger partial charge is 0.407 e. The molecule has 2 amide bonds. The number of piperidine rings is 1. The molecule has 10 nitrogen and oxygen atoms in total. The normalized spacial score (nSPS) is 21.4. The Balaban J connectivity index is 1.07. The number of likely N-dealkylation sites (tertiary alicyclic amines) is 1. The molecule has 3 unspecified atom stereocenters. The molecule has 52 heavy (non-hydrogen) atoms. The summed E-state index contributed by atoms with van der Waals surface area (Å²) in [5.74, 6) is 0.109. The van der Waals surface area contributed by atoms with Gasteiger partial charge >= 0.3 is 6.09 Å². The molecule has 0 saturated carbocycles. The highest BCUT2D eigenvalue weighted by Crippen LogP contribution is 2.41. The molecule has 3 saturated heterocycles. The molecule has 3 aliphatic heterocycles. The first kappa shape index (κ1) is 35.4. The first-order valence-electron chi connectivity index (χ1n) is 18.0. The van der Waals surface area contributed by atoms with E-state index in [1.807, 2.05) is 72.8 Å². The number of hydrogen-bond donors (Lipinski definition) is 3. The Morgan fingerprint density at radius 3 is 2.42 bits per heavy atom. The molecule has 3 heterocycles. The quantitative estimate of drug-likeness (QED) is 0.158. The lowest BCUT2D eigenvalue weighted by Crippen LogP contribution is -2.57. The number of ether oxygens (including phenoxy) is 3. The molecule has 4 aromatic carbocycles. The zero-order valence-corrected chi connectivity index (χ0v) is 29.3. The predicted molar refractivity (Wildman–Crippen MR) is 199 cm³/mol. The SMILES string of the molecule is C=CCOC(=O)NCc1cccc(-c2cccc(C3OC(CN4CCC5(CC4)C(=O)NCN5c4ccccc4)CC(c4ccc(CO)cc4)O3)c2)c1. The van der Waals surface area contributed by atoms with Crippen molar-refractivity contribution in [1.29, 1.82) is 0 Å². The maximum absolute atomic E-state index is 13.3. The molecule has 0 radical (unpaired) electrons. The standard InChI is InChI=1S/C42H46N4O6/c1-2-22-50-41(49)43-26-31-8-6-9-33(23-31)34-10-7-11-35(24-34)39-51-37(25-38(52-39)32-16-14-30(28-47)15-17-32)27-45-20-18-42(19-21-45)40(48)44-29-46(42)36-12-4-3-5-13-36/h2-17,23-24,37-39,47H,1,18-22,25-29H2,(H,43,49)(H,44,48). The van der Waals surface area contributed by atoms with Crippen molar-refractivity contribution in [3.05, 3.63) is 138 Å². The number of benzene rings is 4. The van der Waals surface area contributed by atoms with Crippen LogP contribution in [0.1, 0.15) is 53.9 Å². The minimum Gasteiger partial charge on any atom is -0.445 e. The summed E-state index contributed by atoms with van der Waals surface area (Å²) in [6.07, 6.45) is 2.27. The zero-order chi connectivity index (χ0) is 35.9. The van der Waals surface area contributed by atoms with Gasteiger partial charge in [-0.25, -0.2) is 4.79 Å². The van der Waals surface area contributed by atoms with Crippen molar-refractivity contribution in [1.82, 2.24) is 15.5 Å². The highest BCUT2D eigenvalue weighted by atomic mass is 16.7. The number of amides is 2. The van der Waals surface area contributed by atoms with E-state index < -0.39 is 17.9 Å². The second-order valence-corrected chi connectivity index (χ2v) is 13.7. The number of nitrogens with zero attached hydrogens (tertiary/aromatic N) is 2. The Hall–Kier alpha value is -5.00. The Kier molecular flexibility index (Phi) is 11.0. The summed E-state index contributed by atoms with van der Waals surface area (Å²) >= 11 is 0. The molecule has 0 aliphatic carbocycles. The van der Waals surface area contributed by atoms with Crippen LogP contribution in [0.5, 0.6) is 0 Å². The highest BCUT2D eigenvalue weighted by molar-refractivity contribution is 5.93. The zero-order valence-electron chi connectivity index (χ0n) is 29.3. The number of para-hydroxylation sites is 1. The summed E-state index contributed by atoms with van der Waals surface area (Å²) < 4.78 is 18.5. The monoisotopic (exact) mass is 702 g/mol. The fourth-order valence-electron chi connectivity index (χ4n) is 7.54. The van der Waals surface area contributed by atoms with Crippen molar-refractivity contribution in [2.75, 3.05) is 37.8 Å². The summed E-state index contributed by atoms with van der Waals surface area (Å²) in [6.45, 7) is 6.86. The number of aliphatic hydroxyl groups is 1. The van der Waals surface area contributed by atoms with Crippen molar-refractivity contribution in [2.24, 2.45) is 0 Å². The molecule has 0 aromatic heterocycles. The van der Waals surface area contributed by atoms with E-state index in [1.54, 1.807) is 0 Å². The van der Waals surface area contributed by atoms with E-state index in [4.69, 9.17) is 14.2 Å². The van der Waals surface area contributed by atoms with E-state index in [0.29, 0.717) is 19.6 Å². The number of aliphatic hydroxyl groups excluding tert-OH is 1. The Morgan fingerprint density at radius 2 is 1.67 bits per heavy atom. The van der Waals surface area contributed by atoms with Gasteiger partial charge in [0.2, 0.25) is 5.91 Å². The molecule has 3 aliphatic rings. The molecular formula is C42H46N4O6. The van der Waals surface area contributed by atoms with Gasteiger partial charge in [0.1, 0.15) is 12.1 Å². The molecule has 3 atom stereocenters. The van der Waals surface area contributed by atoms with Gasteiger partial charge in [-0.15, -0.1) is 0 Å². The molecule has 270 valence electrons. The topological polar surface area (TPSA) is 113 Å². The van der Waals surface area contributed by atoms with Crippen molar-refractivity contribution >= 4 is 17.7 Å². The fourth-order valence-corrected chi connectivity index (χ4v) is 7.54. The lowest BCUT2D eigenvalue weighted by atomic mass is 9.85. The van der Waals surface area contributed by atoms with Crippen molar-refractivity contribution in [3.63, 3.8) is 0 Å². The average molecular weight is 703 g/mol. The molecule has 1 spiro atoms. The third-order valence-electron chi connectivity index (χ3n) is 10.4. The third-order valence-corrected chi connectivity index (χ3v) is 10.4. The van der Waals surface area contributed by atoms with Gasteiger partial charge < -0.3 is 39.8 Å². The molecule has 4 aromatic rings. The number of nitrogens with one attached hydrogen (secondary N) is 2. The number of carbonyl (C=O) groups excluding carboxylic acids is 2. The summed E-state index contributed by atoms with van der Waals surface area (Å²) in [6, 6.07) is 34.4. The van der Waals surface area contributed by atoms with Crippen LogP contribution in [0.4, 0.5) is 10.5 Å². The van der Waals surface area contributed by atoms with Gasteiger partial charge in [0.15, 0.2) is 6.29 Å². The van der Waals surface area contributed by atoms with Gasteiger partial charge in [-0.3, -0.25) is 4.79 Å². The number of carbonyl (C=O) groups is 2. The van der Waals surface area contributed by atoms with Crippen molar-refractivity contribution < 1.29 is 28.9 Å². The van der Waals surface area contributed by atoms with E-state index >= 15 is 0 Å². The highest BCUT2D eigenvalue weighted by Gasteiger charge is 2.50. The summed E-state index contributed by atoms with van der Waals surface area (Å²) in [5.41, 5.74) is 6.28. The van der Waals surface area contributed by atoms with Crippen molar-refractivity contribution in [2.45, 2.75) is 56.5 Å². The van der Waals surface area contributed by atoms with Gasteiger partial charge in [-0.05, 0) is 64.9 Å². The molecule has 7 rings (SSSR count). The number of anilines is 1. The Bertz CT molecular complexity index is 1840. The van der Waals surface area contributed by atoms with Crippen LogP contribution in [0.25, 0.3) is 11.1 Å². The van der Waals surface area contributed by atoms with Crippen LogP contribution >= 0.6 is 0 Å². The van der Waals surface area contributed by atoms with Gasteiger partial charge in [-0.2, -0.15) is 0 Å². The van der Waals surface area contributed by atoms with E-state index in [2.05, 4.69) is 57.3 Å². The molecular weight excluding hydrogens is 656 g/mol. The van der Waals surface area contributed by atoms with E-state index in [0.717, 1.165) is 71.5 Å². The number of rotatable bonds is 11. The average Bonchev–Trinajstić information content (AvgIpc) is 3.51. The number of hydrogen-bond acceptors (Lipinski definition) is 8. The van der Waals surface area contributed by atoms with Crippen LogP contribution in [-0.4, -0.2) is 66.6 Å². The van der Waals surface area contributed by atoms with E-state index in [1.165, 1.54) is 6.08 Å². The Labute approximate surface area is 305 Å². The summed E-state index contributed by atoms with van der Waals surface area (Å²) in [4.78, 5) is 29.9. The summed E-state index contributed by atoms with van der Waals surface area (Å²) in [7, 11) is 0. The first-order valence-corrected chi connectivity index (χ1v) is 18.0. The van der Waals surface area contributed by atoms with Gasteiger partial charge in [0, 0.05) is 43.9 Å². The number of alkyl carbamates (subject to hydrolysis) is 1. The van der Waals surface area contributed by atoms with Crippen LogP contribution in [0, 0.1) is 0 Å². The predicted octanol–water partition coefficient (Wildman–Crippen LogP) is 6.23. The molecule has 10 heteroatoms. The minimum absolute atomic E-state index is 0.0141. The van der Waals surface area contributed by atoms with E-state index in [-0.39, 0.29) is 31.3 Å². The largest absolute Gasteiger partial charge is 0.445 e. The van der Waals surface area contributed by atoms with E-state index in [9.17, 15) is 14.7 Å². The van der Waals surface area contributed by atoms with Crippen LogP contribution in [0.15, 0.2) is 116 Å². The van der Waals surface area contributed by atoms with Gasteiger partial charge in [0.25, 0.3) is 0 Å². The van der Waals surface area contributed by atoms with Gasteiger partial charge in [0.05, 0.1) is 25.5 Å². The van der Waals surface area contributed by atoms with Crippen molar-refractivity contribution in [3.8, 4) is 11.1 Å². The van der Waals surface area contributed by atoms with Crippen LogP contribution in [-0.2, 0) is 32.2 Å². The Morgan fingerprint density at radius 1 is 0.923 bits per heavy atom. The van der Waals surface area contributed by atoms with Gasteiger partial charge in [-0.1, -0.05) is 91.5 Å². The fraction of sp³-hybridized carbons (Fsp3) is 0.333. The summed E-state index contributed by atoms with van der Waals surface area (Å²) in [5, 5.41) is 15.5. The van der Waals surface area contributed by atoms with Crippen LogP contribution in [0.2, 0.25) is 0 Å². The molecule has 3 fully saturated rings. The second-order valence-electron chi connectivity index (χ2n) is 13.7. The second kappa shape index (κ2) is 16.1. The lowest BCUT2D eigenvalue weighted by molar-refractivity contribution is -0.253. The molecule has 0 bridgehead atoms. The third kappa shape index (κ3) is 7.90. The minimum atomic E-state index is -0.601. The van der Waals surface area contributed by atoms with Crippen LogP contribution in [0.3, 0.4) is 0 Å². The maximum atomic E-state index is 13.3. The molecule has 3 N–H and O–H groups in total. The van der Waals surface area contributed by atoms with Crippen LogP contribution < -0.4 is 15.5 Å².